The minimum atomic E-state index is -0.678. The number of rotatable bonds is 5. The van der Waals surface area contributed by atoms with Gasteiger partial charge in [0.1, 0.15) is 0 Å². The zero-order valence-corrected chi connectivity index (χ0v) is 8.55. The van der Waals surface area contributed by atoms with E-state index in [0.717, 1.165) is 19.3 Å². The largest absolute Gasteiger partial charge is 0.481 e. The molecule has 0 aliphatic heterocycles. The van der Waals surface area contributed by atoms with E-state index in [9.17, 15) is 4.79 Å². The molecule has 0 aromatic carbocycles. The Kier molecular flexibility index (Phi) is 4.29. The highest BCUT2D eigenvalue weighted by molar-refractivity contribution is 5.73. The Morgan fingerprint density at radius 3 is 2.17 bits per heavy atom. The highest BCUT2D eigenvalue weighted by Gasteiger charge is 2.34. The molecule has 0 fully saturated rings. The molecule has 0 amide bonds. The molecule has 0 bridgehead atoms. The molecule has 12 heavy (non-hydrogen) atoms. The van der Waals surface area contributed by atoms with E-state index in [2.05, 4.69) is 13.8 Å². The summed E-state index contributed by atoms with van der Waals surface area (Å²) >= 11 is 0. The number of carbonyl (C=O) groups is 1. The minimum Gasteiger partial charge on any atom is -0.481 e. The number of hydrogen-bond donors (Lipinski definition) is 1. The monoisotopic (exact) mass is 172 g/mol. The van der Waals surface area contributed by atoms with Crippen LogP contribution < -0.4 is 0 Å². The van der Waals surface area contributed by atoms with Crippen LogP contribution in [-0.2, 0) is 4.79 Å². The predicted octanol–water partition coefficient (Wildman–Crippen LogP) is 2.92. The lowest BCUT2D eigenvalue weighted by molar-refractivity contribution is -0.150. The van der Waals surface area contributed by atoms with Crippen molar-refractivity contribution in [3.63, 3.8) is 0 Å². The molecule has 1 atom stereocenters. The van der Waals surface area contributed by atoms with Crippen LogP contribution in [0.25, 0.3) is 0 Å². The molecule has 0 saturated heterocycles. The van der Waals surface area contributed by atoms with Crippen molar-refractivity contribution >= 4 is 5.97 Å². The van der Waals surface area contributed by atoms with Gasteiger partial charge in [-0.2, -0.15) is 0 Å². The summed E-state index contributed by atoms with van der Waals surface area (Å²) in [6.45, 7) is 7.80. The Labute approximate surface area is 75.0 Å². The van der Waals surface area contributed by atoms with E-state index < -0.39 is 11.4 Å². The summed E-state index contributed by atoms with van der Waals surface area (Å²) in [5.74, 6) is -0.372. The molecule has 2 heteroatoms. The Hall–Kier alpha value is -0.530. The van der Waals surface area contributed by atoms with Gasteiger partial charge < -0.3 is 5.11 Å². The molecule has 1 N–H and O–H groups in total. The molecule has 2 nitrogen and oxygen atoms in total. The van der Waals surface area contributed by atoms with E-state index >= 15 is 0 Å². The quantitative estimate of drug-likeness (QED) is 0.692. The van der Waals surface area contributed by atoms with Crippen LogP contribution in [0.1, 0.15) is 47.0 Å². The summed E-state index contributed by atoms with van der Waals surface area (Å²) in [5.41, 5.74) is -0.565. The maximum Gasteiger partial charge on any atom is 0.309 e. The second-order valence-corrected chi connectivity index (χ2v) is 3.92. The van der Waals surface area contributed by atoms with Gasteiger partial charge in [0, 0.05) is 0 Å². The lowest BCUT2D eigenvalue weighted by atomic mass is 9.75. The topological polar surface area (TPSA) is 37.3 Å². The van der Waals surface area contributed by atoms with Crippen LogP contribution in [0.3, 0.4) is 0 Å². The van der Waals surface area contributed by atoms with Gasteiger partial charge in [-0.3, -0.25) is 4.79 Å². The second kappa shape index (κ2) is 4.48. The Morgan fingerprint density at radius 2 is 1.92 bits per heavy atom. The summed E-state index contributed by atoms with van der Waals surface area (Å²) < 4.78 is 0. The molecule has 0 rings (SSSR count). The minimum absolute atomic E-state index is 0.306. The molecular formula is C10H20O2. The maximum atomic E-state index is 10.9. The summed E-state index contributed by atoms with van der Waals surface area (Å²) in [6, 6.07) is 0. The van der Waals surface area contributed by atoms with Crippen LogP contribution in [0.15, 0.2) is 0 Å². The Morgan fingerprint density at radius 1 is 1.42 bits per heavy atom. The van der Waals surface area contributed by atoms with Crippen molar-refractivity contribution < 1.29 is 9.90 Å². The van der Waals surface area contributed by atoms with Crippen molar-refractivity contribution in [3.8, 4) is 0 Å². The second-order valence-electron chi connectivity index (χ2n) is 3.92. The smallest absolute Gasteiger partial charge is 0.309 e. The zero-order chi connectivity index (χ0) is 9.78. The molecular weight excluding hydrogens is 152 g/mol. The molecule has 0 saturated carbocycles. The van der Waals surface area contributed by atoms with Crippen LogP contribution in [0.4, 0.5) is 0 Å². The molecule has 0 aromatic heterocycles. The molecule has 0 spiro atoms. The summed E-state index contributed by atoms with van der Waals surface area (Å²) in [4.78, 5) is 10.9. The lowest BCUT2D eigenvalue weighted by Crippen LogP contribution is -2.32. The fourth-order valence-electron chi connectivity index (χ4n) is 1.60. The Balaban J connectivity index is 4.36. The van der Waals surface area contributed by atoms with Crippen LogP contribution in [0.2, 0.25) is 0 Å². The number of carboxylic acid groups (broad SMARTS) is 1. The Bertz CT molecular complexity index is 150. The van der Waals surface area contributed by atoms with Gasteiger partial charge in [0.05, 0.1) is 5.41 Å². The molecule has 0 radical (unpaired) electrons. The van der Waals surface area contributed by atoms with Gasteiger partial charge in [-0.05, 0) is 26.2 Å². The van der Waals surface area contributed by atoms with E-state index in [1.165, 1.54) is 0 Å². The first-order valence-electron chi connectivity index (χ1n) is 4.70. The van der Waals surface area contributed by atoms with E-state index in [4.69, 9.17) is 5.11 Å². The van der Waals surface area contributed by atoms with Gasteiger partial charge in [0.2, 0.25) is 0 Å². The van der Waals surface area contributed by atoms with Crippen molar-refractivity contribution in [2.75, 3.05) is 0 Å². The van der Waals surface area contributed by atoms with Crippen molar-refractivity contribution in [3.05, 3.63) is 0 Å². The molecule has 0 heterocycles. The molecule has 0 aliphatic carbocycles. The molecule has 1 unspecified atom stereocenters. The first-order chi connectivity index (χ1) is 5.46. The van der Waals surface area contributed by atoms with E-state index in [1.807, 2.05) is 13.8 Å². The number of hydrogen-bond acceptors (Lipinski definition) is 1. The van der Waals surface area contributed by atoms with Gasteiger partial charge in [-0.15, -0.1) is 0 Å². The normalized spacial score (nSPS) is 14.3. The highest BCUT2D eigenvalue weighted by Crippen LogP contribution is 2.32. The zero-order valence-electron chi connectivity index (χ0n) is 8.55. The third kappa shape index (κ3) is 2.50. The van der Waals surface area contributed by atoms with E-state index in [-0.39, 0.29) is 0 Å². The lowest BCUT2D eigenvalue weighted by Gasteiger charge is -2.29. The number of aliphatic carboxylic acids is 1. The van der Waals surface area contributed by atoms with E-state index in [0.29, 0.717) is 5.92 Å². The van der Waals surface area contributed by atoms with Gasteiger partial charge >= 0.3 is 5.97 Å². The van der Waals surface area contributed by atoms with Crippen molar-refractivity contribution in [1.82, 2.24) is 0 Å². The van der Waals surface area contributed by atoms with Gasteiger partial charge in [-0.1, -0.05) is 26.7 Å². The predicted molar refractivity (Wildman–Crippen MR) is 50.1 cm³/mol. The van der Waals surface area contributed by atoms with Crippen LogP contribution in [0.5, 0.6) is 0 Å². The van der Waals surface area contributed by atoms with Crippen LogP contribution in [-0.4, -0.2) is 11.1 Å². The summed E-state index contributed by atoms with van der Waals surface area (Å²) in [6.07, 6.45) is 3.03. The van der Waals surface area contributed by atoms with Gasteiger partial charge in [0.25, 0.3) is 0 Å². The first kappa shape index (κ1) is 11.5. The van der Waals surface area contributed by atoms with Crippen LogP contribution in [0, 0.1) is 11.3 Å². The third-order valence-electron chi connectivity index (χ3n) is 2.70. The van der Waals surface area contributed by atoms with Gasteiger partial charge in [0.15, 0.2) is 0 Å². The van der Waals surface area contributed by atoms with Crippen LogP contribution >= 0.6 is 0 Å². The summed E-state index contributed by atoms with van der Waals surface area (Å²) in [7, 11) is 0. The van der Waals surface area contributed by atoms with Crippen molar-refractivity contribution in [1.29, 1.82) is 0 Å². The average molecular weight is 172 g/mol. The first-order valence-corrected chi connectivity index (χ1v) is 4.70. The molecule has 72 valence electrons. The standard InChI is InChI=1S/C10H20O2/c1-5-7-8(6-2)10(3,4)9(11)12/h8H,5-7H2,1-4H3,(H,11,12). The molecule has 0 aromatic rings. The van der Waals surface area contributed by atoms with Crippen molar-refractivity contribution in [2.24, 2.45) is 11.3 Å². The SMILES string of the molecule is CCCC(CC)C(C)(C)C(=O)O. The fourth-order valence-corrected chi connectivity index (χ4v) is 1.60. The maximum absolute atomic E-state index is 10.9. The van der Waals surface area contributed by atoms with Gasteiger partial charge in [-0.25, -0.2) is 0 Å². The fraction of sp³-hybridized carbons (Fsp3) is 0.900. The highest BCUT2D eigenvalue weighted by atomic mass is 16.4. The summed E-state index contributed by atoms with van der Waals surface area (Å²) in [5, 5.41) is 8.97. The molecule has 0 aliphatic rings. The van der Waals surface area contributed by atoms with E-state index in [1.54, 1.807) is 0 Å². The average Bonchev–Trinajstić information content (AvgIpc) is 1.99. The third-order valence-corrected chi connectivity index (χ3v) is 2.70. The number of carboxylic acids is 1. The van der Waals surface area contributed by atoms with Crippen molar-refractivity contribution in [2.45, 2.75) is 47.0 Å².